The van der Waals surface area contributed by atoms with Crippen LogP contribution in [0.5, 0.6) is 0 Å². The number of hydrogen-bond donors (Lipinski definition) is 1. The largest absolute Gasteiger partial charge is 0.481 e. The fourth-order valence-electron chi connectivity index (χ4n) is 2.88. The fraction of sp³-hybridized carbons (Fsp3) is 0.571. The van der Waals surface area contributed by atoms with Crippen LogP contribution in [0.15, 0.2) is 22.6 Å². The highest BCUT2D eigenvalue weighted by molar-refractivity contribution is 9.11. The first-order chi connectivity index (χ1) is 9.11. The summed E-state index contributed by atoms with van der Waals surface area (Å²) < 4.78 is 1.05. The van der Waals surface area contributed by atoms with E-state index in [9.17, 15) is 4.79 Å². The number of carbonyl (C=O) groups is 1. The Bertz CT molecular complexity index is 452. The van der Waals surface area contributed by atoms with Gasteiger partial charge in [-0.1, -0.05) is 6.08 Å². The molecule has 1 N–H and O–H groups in total. The summed E-state index contributed by atoms with van der Waals surface area (Å²) in [4.78, 5) is 15.5. The van der Waals surface area contributed by atoms with E-state index in [4.69, 9.17) is 5.11 Å². The molecule has 0 aromatic carbocycles. The second kappa shape index (κ2) is 6.66. The van der Waals surface area contributed by atoms with Gasteiger partial charge < -0.3 is 5.11 Å². The average molecular weight is 344 g/mol. The number of halogens is 1. The molecule has 1 aliphatic rings. The minimum atomic E-state index is -0.643. The van der Waals surface area contributed by atoms with Crippen LogP contribution < -0.4 is 0 Å². The molecular formula is C14H18BrNO2S. The molecule has 1 aromatic heterocycles. The lowest BCUT2D eigenvalue weighted by atomic mass is 9.75. The summed E-state index contributed by atoms with van der Waals surface area (Å²) in [5, 5.41) is 10.2. The molecule has 0 amide bonds. The van der Waals surface area contributed by atoms with Crippen molar-refractivity contribution in [1.29, 1.82) is 0 Å². The molecule has 0 spiro atoms. The van der Waals surface area contributed by atoms with Crippen LogP contribution in [0.2, 0.25) is 0 Å². The Labute approximate surface area is 125 Å². The molecule has 104 valence electrons. The lowest BCUT2D eigenvalue weighted by molar-refractivity contribution is -0.143. The summed E-state index contributed by atoms with van der Waals surface area (Å²) in [5.41, 5.74) is 0. The van der Waals surface area contributed by atoms with E-state index in [-0.39, 0.29) is 5.92 Å². The smallest absolute Gasteiger partial charge is 0.306 e. The Hall–Kier alpha value is -0.680. The molecule has 1 fully saturated rings. The van der Waals surface area contributed by atoms with Gasteiger partial charge in [-0.05, 0) is 54.0 Å². The van der Waals surface area contributed by atoms with Gasteiger partial charge in [0.1, 0.15) is 0 Å². The second-order valence-corrected chi connectivity index (χ2v) is 7.52. The van der Waals surface area contributed by atoms with Crippen molar-refractivity contribution in [3.63, 3.8) is 0 Å². The average Bonchev–Trinajstić information content (AvgIpc) is 2.82. The van der Waals surface area contributed by atoms with E-state index in [0.717, 1.165) is 40.9 Å². The third kappa shape index (κ3) is 3.66. The van der Waals surface area contributed by atoms with E-state index in [2.05, 4.69) is 27.5 Å². The van der Waals surface area contributed by atoms with E-state index in [1.54, 1.807) is 11.3 Å². The van der Waals surface area contributed by atoms with Crippen molar-refractivity contribution in [2.75, 3.05) is 0 Å². The molecule has 0 saturated heterocycles. The highest BCUT2D eigenvalue weighted by Gasteiger charge is 2.31. The molecule has 1 atom stereocenters. The normalized spacial score (nSPS) is 24.9. The number of rotatable bonds is 5. The molecule has 0 radical (unpaired) electrons. The maximum absolute atomic E-state index is 11.0. The first kappa shape index (κ1) is 14.7. The van der Waals surface area contributed by atoms with Crippen LogP contribution in [-0.2, 0) is 4.79 Å². The van der Waals surface area contributed by atoms with Gasteiger partial charge in [-0.2, -0.15) is 0 Å². The van der Waals surface area contributed by atoms with E-state index < -0.39 is 5.97 Å². The summed E-state index contributed by atoms with van der Waals surface area (Å²) in [6.45, 7) is 3.84. The molecule has 5 heteroatoms. The summed E-state index contributed by atoms with van der Waals surface area (Å²) >= 11 is 5.13. The first-order valence-corrected chi connectivity index (χ1v) is 8.17. The molecule has 1 heterocycles. The van der Waals surface area contributed by atoms with E-state index >= 15 is 0 Å². The minimum Gasteiger partial charge on any atom is -0.481 e. The quantitative estimate of drug-likeness (QED) is 0.803. The highest BCUT2D eigenvalue weighted by Crippen LogP contribution is 2.42. The lowest BCUT2D eigenvalue weighted by Crippen LogP contribution is -2.24. The molecule has 2 rings (SSSR count). The molecule has 1 aliphatic carbocycles. The Balaban J connectivity index is 2.05. The molecule has 0 bridgehead atoms. The second-order valence-electron chi connectivity index (χ2n) is 5.08. The number of thiazole rings is 1. The third-order valence-corrected chi connectivity index (χ3v) is 5.53. The Morgan fingerprint density at radius 1 is 1.58 bits per heavy atom. The van der Waals surface area contributed by atoms with Crippen LogP contribution in [0, 0.1) is 11.8 Å². The Kier molecular flexibility index (Phi) is 5.16. The van der Waals surface area contributed by atoms with E-state index in [1.807, 2.05) is 12.3 Å². The molecule has 1 saturated carbocycles. The topological polar surface area (TPSA) is 50.2 Å². The minimum absolute atomic E-state index is 0.149. The Morgan fingerprint density at radius 3 is 2.74 bits per heavy atom. The van der Waals surface area contributed by atoms with Gasteiger partial charge >= 0.3 is 5.97 Å². The van der Waals surface area contributed by atoms with Crippen molar-refractivity contribution in [1.82, 2.24) is 4.98 Å². The zero-order chi connectivity index (χ0) is 13.8. The number of nitrogens with zero attached hydrogens (tertiary/aromatic N) is 1. The number of aromatic nitrogens is 1. The molecular weight excluding hydrogens is 326 g/mol. The SMILES string of the molecule is C=CCC(c1ncc(Br)s1)C1CCC(C(=O)O)CC1. The predicted octanol–water partition coefficient (Wildman–Crippen LogP) is 4.46. The van der Waals surface area contributed by atoms with Crippen LogP contribution in [0.1, 0.15) is 43.0 Å². The predicted molar refractivity (Wildman–Crippen MR) is 80.5 cm³/mol. The zero-order valence-corrected chi connectivity index (χ0v) is 13.1. The number of allylic oxidation sites excluding steroid dienone is 1. The van der Waals surface area contributed by atoms with Gasteiger partial charge in [-0.3, -0.25) is 4.79 Å². The van der Waals surface area contributed by atoms with Crippen molar-refractivity contribution in [3.8, 4) is 0 Å². The van der Waals surface area contributed by atoms with Gasteiger partial charge in [0.05, 0.1) is 20.9 Å². The standard InChI is InChI=1S/C14H18BrNO2S/c1-2-3-11(13-16-8-12(15)19-13)9-4-6-10(7-5-9)14(17)18/h2,8-11H,1,3-7H2,(H,17,18). The molecule has 1 aromatic rings. The lowest BCUT2D eigenvalue weighted by Gasteiger charge is -2.31. The highest BCUT2D eigenvalue weighted by atomic mass is 79.9. The number of carboxylic acids is 1. The number of carboxylic acid groups (broad SMARTS) is 1. The van der Waals surface area contributed by atoms with Crippen molar-refractivity contribution >= 4 is 33.2 Å². The van der Waals surface area contributed by atoms with Gasteiger partial charge in [-0.15, -0.1) is 17.9 Å². The monoisotopic (exact) mass is 343 g/mol. The number of hydrogen-bond acceptors (Lipinski definition) is 3. The zero-order valence-electron chi connectivity index (χ0n) is 10.7. The van der Waals surface area contributed by atoms with Gasteiger partial charge in [0.25, 0.3) is 0 Å². The van der Waals surface area contributed by atoms with Crippen LogP contribution >= 0.6 is 27.3 Å². The first-order valence-electron chi connectivity index (χ1n) is 6.56. The maximum Gasteiger partial charge on any atom is 0.306 e. The third-order valence-electron chi connectivity index (χ3n) is 3.92. The van der Waals surface area contributed by atoms with E-state index in [1.165, 1.54) is 0 Å². The summed E-state index contributed by atoms with van der Waals surface area (Å²) in [6.07, 6.45) is 8.25. The van der Waals surface area contributed by atoms with Gasteiger partial charge in [0.15, 0.2) is 0 Å². The maximum atomic E-state index is 11.0. The molecule has 19 heavy (non-hydrogen) atoms. The van der Waals surface area contributed by atoms with Crippen molar-refractivity contribution in [2.24, 2.45) is 11.8 Å². The molecule has 1 unspecified atom stereocenters. The van der Waals surface area contributed by atoms with Crippen molar-refractivity contribution < 1.29 is 9.90 Å². The van der Waals surface area contributed by atoms with Gasteiger partial charge in [0, 0.05) is 5.92 Å². The van der Waals surface area contributed by atoms with E-state index in [0.29, 0.717) is 11.8 Å². The summed E-state index contributed by atoms with van der Waals surface area (Å²) in [7, 11) is 0. The van der Waals surface area contributed by atoms with Crippen molar-refractivity contribution in [2.45, 2.75) is 38.0 Å². The van der Waals surface area contributed by atoms with Crippen LogP contribution in [-0.4, -0.2) is 16.1 Å². The summed E-state index contributed by atoms with van der Waals surface area (Å²) in [5.74, 6) is 0.134. The van der Waals surface area contributed by atoms with Crippen molar-refractivity contribution in [3.05, 3.63) is 27.6 Å². The number of aliphatic carboxylic acids is 1. The molecule has 0 aliphatic heterocycles. The summed E-state index contributed by atoms with van der Waals surface area (Å²) in [6, 6.07) is 0. The van der Waals surface area contributed by atoms with Crippen LogP contribution in [0.25, 0.3) is 0 Å². The van der Waals surface area contributed by atoms with Gasteiger partial charge in [0.2, 0.25) is 0 Å². The van der Waals surface area contributed by atoms with Crippen LogP contribution in [0.3, 0.4) is 0 Å². The van der Waals surface area contributed by atoms with Gasteiger partial charge in [-0.25, -0.2) is 4.98 Å². The molecule has 3 nitrogen and oxygen atoms in total. The fourth-order valence-corrected chi connectivity index (χ4v) is 4.33. The Morgan fingerprint density at radius 2 is 2.26 bits per heavy atom. The van der Waals surface area contributed by atoms with Crippen LogP contribution in [0.4, 0.5) is 0 Å².